The lowest BCUT2D eigenvalue weighted by Gasteiger charge is -2.19. The van der Waals surface area contributed by atoms with E-state index in [0.29, 0.717) is 0 Å². The first-order valence-electron chi connectivity index (χ1n) is 8.48. The molecule has 9 nitrogen and oxygen atoms in total. The number of halogens is 3. The molecule has 3 aromatic rings. The molecule has 3 heterocycles. The van der Waals surface area contributed by atoms with Gasteiger partial charge in [-0.25, -0.2) is 9.97 Å². The minimum absolute atomic E-state index is 0.00140. The molecule has 1 fully saturated rings. The predicted molar refractivity (Wildman–Crippen MR) is 91.6 cm³/mol. The standard InChI is InChI=1S/C17H15F3N4O5/c18-17(19,20)8-3-1-7(2-4-8)13-23-10-14(21-6-22-15(10)28)24(13)16-12(27)11(26)9(5-25)29-16/h1-4,6,9,11-12,16,25-27H,5H2,(H,21,22,28). The van der Waals surface area contributed by atoms with Gasteiger partial charge in [-0.3, -0.25) is 9.36 Å². The fraction of sp³-hybridized carbons (Fsp3) is 0.353. The van der Waals surface area contributed by atoms with E-state index in [1.54, 1.807) is 0 Å². The van der Waals surface area contributed by atoms with Gasteiger partial charge in [0, 0.05) is 5.56 Å². The second kappa shape index (κ2) is 6.91. The highest BCUT2D eigenvalue weighted by Crippen LogP contribution is 2.36. The molecular formula is C17H15F3N4O5. The molecule has 0 spiro atoms. The molecule has 4 N–H and O–H groups in total. The van der Waals surface area contributed by atoms with E-state index in [-0.39, 0.29) is 22.6 Å². The monoisotopic (exact) mass is 412 g/mol. The summed E-state index contributed by atoms with van der Waals surface area (Å²) in [5, 5.41) is 29.8. The van der Waals surface area contributed by atoms with E-state index in [0.717, 1.165) is 30.6 Å². The summed E-state index contributed by atoms with van der Waals surface area (Å²) in [7, 11) is 0. The number of aromatic nitrogens is 4. The van der Waals surface area contributed by atoms with E-state index in [1.165, 1.54) is 4.57 Å². The Hall–Kier alpha value is -2.80. The van der Waals surface area contributed by atoms with Gasteiger partial charge in [-0.05, 0) is 12.1 Å². The van der Waals surface area contributed by atoms with Gasteiger partial charge in [0.05, 0.1) is 18.5 Å². The summed E-state index contributed by atoms with van der Waals surface area (Å²) in [6.07, 6.45) is -8.74. The van der Waals surface area contributed by atoms with Crippen molar-refractivity contribution in [2.75, 3.05) is 6.61 Å². The number of hydrogen-bond donors (Lipinski definition) is 4. The zero-order valence-corrected chi connectivity index (χ0v) is 14.5. The van der Waals surface area contributed by atoms with Crippen LogP contribution in [0.15, 0.2) is 35.4 Å². The topological polar surface area (TPSA) is 133 Å². The lowest BCUT2D eigenvalue weighted by Crippen LogP contribution is -2.33. The van der Waals surface area contributed by atoms with Crippen molar-refractivity contribution in [3.8, 4) is 11.4 Å². The number of aliphatic hydroxyl groups is 3. The molecule has 12 heteroatoms. The molecule has 0 bridgehead atoms. The summed E-state index contributed by atoms with van der Waals surface area (Å²) in [6, 6.07) is 4.04. The van der Waals surface area contributed by atoms with Crippen LogP contribution < -0.4 is 5.56 Å². The zero-order chi connectivity index (χ0) is 20.9. The van der Waals surface area contributed by atoms with Gasteiger partial charge in [0.15, 0.2) is 17.4 Å². The van der Waals surface area contributed by atoms with Crippen molar-refractivity contribution in [1.29, 1.82) is 0 Å². The van der Waals surface area contributed by atoms with Gasteiger partial charge in [0.25, 0.3) is 5.56 Å². The molecule has 0 radical (unpaired) electrons. The third-order valence-corrected chi connectivity index (χ3v) is 4.73. The first kappa shape index (κ1) is 19.5. The number of alkyl halides is 3. The van der Waals surface area contributed by atoms with Crippen LogP contribution in [-0.2, 0) is 10.9 Å². The van der Waals surface area contributed by atoms with Crippen LogP contribution in [0.4, 0.5) is 13.2 Å². The number of aromatic amines is 1. The summed E-state index contributed by atoms with van der Waals surface area (Å²) in [6.45, 7) is -0.578. The Kier molecular flexibility index (Phi) is 4.65. The number of fused-ring (bicyclic) bond motifs is 1. The number of imidazole rings is 1. The fourth-order valence-corrected chi connectivity index (χ4v) is 3.27. The molecule has 1 aliphatic rings. The van der Waals surface area contributed by atoms with Crippen LogP contribution in [0, 0.1) is 0 Å². The van der Waals surface area contributed by atoms with E-state index in [1.807, 2.05) is 0 Å². The normalized spacial score (nSPS) is 25.0. The highest BCUT2D eigenvalue weighted by Gasteiger charge is 2.45. The number of benzene rings is 1. The van der Waals surface area contributed by atoms with Crippen LogP contribution in [-0.4, -0.2) is 59.8 Å². The van der Waals surface area contributed by atoms with Crippen LogP contribution >= 0.6 is 0 Å². The Morgan fingerprint density at radius 1 is 1.17 bits per heavy atom. The van der Waals surface area contributed by atoms with Crippen molar-refractivity contribution in [2.45, 2.75) is 30.7 Å². The first-order chi connectivity index (χ1) is 13.7. The van der Waals surface area contributed by atoms with Crippen LogP contribution in [0.3, 0.4) is 0 Å². The van der Waals surface area contributed by atoms with Gasteiger partial charge in [-0.1, -0.05) is 12.1 Å². The van der Waals surface area contributed by atoms with E-state index in [9.17, 15) is 33.3 Å². The van der Waals surface area contributed by atoms with Crippen LogP contribution in [0.25, 0.3) is 22.6 Å². The maximum absolute atomic E-state index is 12.9. The van der Waals surface area contributed by atoms with E-state index in [2.05, 4.69) is 15.0 Å². The third-order valence-electron chi connectivity index (χ3n) is 4.73. The molecule has 4 unspecified atom stereocenters. The maximum atomic E-state index is 12.9. The quantitative estimate of drug-likeness (QED) is 0.490. The second-order valence-electron chi connectivity index (χ2n) is 6.51. The highest BCUT2D eigenvalue weighted by atomic mass is 19.4. The molecule has 154 valence electrons. The summed E-state index contributed by atoms with van der Waals surface area (Å²) < 4.78 is 45.3. The van der Waals surface area contributed by atoms with Gasteiger partial charge < -0.3 is 25.0 Å². The summed E-state index contributed by atoms with van der Waals surface area (Å²) >= 11 is 0. The molecular weight excluding hydrogens is 397 g/mol. The zero-order valence-electron chi connectivity index (χ0n) is 14.5. The maximum Gasteiger partial charge on any atom is 0.416 e. The van der Waals surface area contributed by atoms with Crippen molar-refractivity contribution >= 4 is 11.2 Å². The molecule has 2 aromatic heterocycles. The Bertz CT molecular complexity index is 1100. The number of rotatable bonds is 3. The summed E-state index contributed by atoms with van der Waals surface area (Å²) in [5.74, 6) is 0.00719. The van der Waals surface area contributed by atoms with E-state index >= 15 is 0 Å². The Morgan fingerprint density at radius 3 is 2.45 bits per heavy atom. The predicted octanol–water partition coefficient (Wildman–Crippen LogP) is 0.417. The highest BCUT2D eigenvalue weighted by molar-refractivity contribution is 5.76. The minimum atomic E-state index is -4.53. The average Bonchev–Trinajstić information content (AvgIpc) is 3.20. The van der Waals surface area contributed by atoms with Gasteiger partial charge in [-0.15, -0.1) is 0 Å². The number of nitrogens with one attached hydrogen (secondary N) is 1. The van der Waals surface area contributed by atoms with Crippen molar-refractivity contribution in [3.05, 3.63) is 46.5 Å². The van der Waals surface area contributed by atoms with Crippen molar-refractivity contribution in [3.63, 3.8) is 0 Å². The summed E-state index contributed by atoms with van der Waals surface area (Å²) in [4.78, 5) is 22.7. The second-order valence-corrected chi connectivity index (χ2v) is 6.51. The van der Waals surface area contributed by atoms with E-state index in [4.69, 9.17) is 4.74 Å². The Labute approximate surface area is 160 Å². The molecule has 1 saturated heterocycles. The van der Waals surface area contributed by atoms with Crippen molar-refractivity contribution in [2.24, 2.45) is 0 Å². The molecule has 1 aliphatic heterocycles. The Balaban J connectivity index is 1.90. The lowest BCUT2D eigenvalue weighted by molar-refractivity contribution is -0.137. The van der Waals surface area contributed by atoms with Crippen LogP contribution in [0.5, 0.6) is 0 Å². The molecule has 1 aromatic carbocycles. The van der Waals surface area contributed by atoms with Gasteiger partial charge in [0.2, 0.25) is 0 Å². The van der Waals surface area contributed by atoms with E-state index < -0.39 is 48.4 Å². The number of ether oxygens (including phenoxy) is 1. The molecule has 4 rings (SSSR count). The average molecular weight is 412 g/mol. The molecule has 0 amide bonds. The number of nitrogens with zero attached hydrogens (tertiary/aromatic N) is 3. The largest absolute Gasteiger partial charge is 0.416 e. The van der Waals surface area contributed by atoms with Gasteiger partial charge in [-0.2, -0.15) is 13.2 Å². The van der Waals surface area contributed by atoms with Gasteiger partial charge >= 0.3 is 6.18 Å². The molecule has 4 atom stereocenters. The van der Waals surface area contributed by atoms with Crippen LogP contribution in [0.2, 0.25) is 0 Å². The van der Waals surface area contributed by atoms with Gasteiger partial charge in [0.1, 0.15) is 24.1 Å². The van der Waals surface area contributed by atoms with Crippen LogP contribution in [0.1, 0.15) is 11.8 Å². The third kappa shape index (κ3) is 3.19. The minimum Gasteiger partial charge on any atom is -0.394 e. The van der Waals surface area contributed by atoms with Crippen molar-refractivity contribution < 1.29 is 33.2 Å². The fourth-order valence-electron chi connectivity index (χ4n) is 3.27. The first-order valence-corrected chi connectivity index (χ1v) is 8.48. The number of hydrogen-bond acceptors (Lipinski definition) is 7. The number of aliphatic hydroxyl groups excluding tert-OH is 3. The smallest absolute Gasteiger partial charge is 0.394 e. The number of H-pyrrole nitrogens is 1. The molecule has 0 aliphatic carbocycles. The molecule has 29 heavy (non-hydrogen) atoms. The Morgan fingerprint density at radius 2 is 1.86 bits per heavy atom. The lowest BCUT2D eigenvalue weighted by atomic mass is 10.1. The SMILES string of the molecule is O=c1[nH]cnc2c1nc(-c1ccc(C(F)(F)F)cc1)n2C1OC(CO)C(O)C1O. The van der Waals surface area contributed by atoms with Crippen molar-refractivity contribution in [1.82, 2.24) is 19.5 Å². The summed E-state index contributed by atoms with van der Waals surface area (Å²) in [5.41, 5.74) is -1.40. The molecule has 0 saturated carbocycles.